The van der Waals surface area contributed by atoms with E-state index in [0.717, 1.165) is 0 Å². The second-order valence-electron chi connectivity index (χ2n) is 4.06. The molecule has 0 unspecified atom stereocenters. The van der Waals surface area contributed by atoms with Crippen molar-refractivity contribution in [2.45, 2.75) is 20.3 Å². The summed E-state index contributed by atoms with van der Waals surface area (Å²) in [5.41, 5.74) is 1.36. The minimum Gasteiger partial charge on any atom is -0.545 e. The van der Waals surface area contributed by atoms with Crippen LogP contribution < -0.4 is 5.11 Å². The molecule has 0 spiro atoms. The molecule has 0 radical (unpaired) electrons. The molecule has 0 amide bonds. The first-order valence-corrected chi connectivity index (χ1v) is 6.26. The molecule has 0 aliphatic rings. The Hall–Kier alpha value is -1.94. The zero-order valence-electron chi connectivity index (χ0n) is 10.6. The number of halogens is 1. The zero-order chi connectivity index (χ0) is 14.0. The van der Waals surface area contributed by atoms with Crippen molar-refractivity contribution in [1.29, 1.82) is 0 Å². The van der Waals surface area contributed by atoms with E-state index in [1.807, 2.05) is 6.92 Å². The number of nitrogens with zero attached hydrogens (tertiary/aromatic N) is 2. The molecule has 1 heterocycles. The molecule has 0 atom stereocenters. The van der Waals surface area contributed by atoms with E-state index in [2.05, 4.69) is 9.97 Å². The number of carboxylic acids is 1. The van der Waals surface area contributed by atoms with Crippen molar-refractivity contribution < 1.29 is 9.90 Å². The van der Waals surface area contributed by atoms with E-state index in [1.54, 1.807) is 31.2 Å². The average Bonchev–Trinajstić information content (AvgIpc) is 2.37. The van der Waals surface area contributed by atoms with E-state index in [4.69, 9.17) is 11.6 Å². The minimum absolute atomic E-state index is 0.0150. The Labute approximate surface area is 116 Å². The molecular formula is C14H12ClN2O2-. The number of benzene rings is 1. The lowest BCUT2D eigenvalue weighted by atomic mass is 10.0. The number of hydrogen-bond donors (Lipinski definition) is 0. The zero-order valence-corrected chi connectivity index (χ0v) is 11.4. The molecule has 0 fully saturated rings. The molecule has 0 saturated carbocycles. The normalized spacial score (nSPS) is 10.5. The van der Waals surface area contributed by atoms with Gasteiger partial charge in [0.1, 0.15) is 5.82 Å². The Morgan fingerprint density at radius 3 is 2.58 bits per heavy atom. The predicted molar refractivity (Wildman–Crippen MR) is 70.9 cm³/mol. The summed E-state index contributed by atoms with van der Waals surface area (Å²) >= 11 is 6.11. The highest BCUT2D eigenvalue weighted by molar-refractivity contribution is 6.33. The molecule has 19 heavy (non-hydrogen) atoms. The Morgan fingerprint density at radius 2 is 2.00 bits per heavy atom. The van der Waals surface area contributed by atoms with Gasteiger partial charge in [0.2, 0.25) is 0 Å². The summed E-state index contributed by atoms with van der Waals surface area (Å²) in [7, 11) is 0. The second-order valence-corrected chi connectivity index (χ2v) is 4.47. The van der Waals surface area contributed by atoms with Gasteiger partial charge in [-0.15, -0.1) is 0 Å². The molecule has 5 heteroatoms. The van der Waals surface area contributed by atoms with Gasteiger partial charge in [-0.1, -0.05) is 36.7 Å². The number of rotatable bonds is 3. The Bertz CT molecular complexity index is 641. The van der Waals surface area contributed by atoms with Crippen LogP contribution in [0.3, 0.4) is 0 Å². The highest BCUT2D eigenvalue weighted by Crippen LogP contribution is 2.29. The summed E-state index contributed by atoms with van der Waals surface area (Å²) in [6.45, 7) is 3.56. The molecule has 1 aromatic carbocycles. The molecular weight excluding hydrogens is 264 g/mol. The first kappa shape index (κ1) is 13.5. The van der Waals surface area contributed by atoms with Gasteiger partial charge in [0.25, 0.3) is 0 Å². The predicted octanol–water partition coefficient (Wildman–Crippen LogP) is 2.03. The van der Waals surface area contributed by atoms with Crippen LogP contribution in [0, 0.1) is 6.92 Å². The molecule has 1 aromatic heterocycles. The first-order chi connectivity index (χ1) is 9.04. The fourth-order valence-corrected chi connectivity index (χ4v) is 2.17. The van der Waals surface area contributed by atoms with E-state index in [0.29, 0.717) is 34.2 Å². The fraction of sp³-hybridized carbons (Fsp3) is 0.214. The third kappa shape index (κ3) is 2.58. The molecule has 0 aliphatic heterocycles. The summed E-state index contributed by atoms with van der Waals surface area (Å²) in [4.78, 5) is 19.7. The number of carboxylic acid groups (broad SMARTS) is 1. The van der Waals surface area contributed by atoms with Crippen molar-refractivity contribution in [3.05, 3.63) is 46.4 Å². The molecule has 0 saturated heterocycles. The van der Waals surface area contributed by atoms with Crippen molar-refractivity contribution in [2.75, 3.05) is 0 Å². The van der Waals surface area contributed by atoms with Crippen molar-refractivity contribution in [1.82, 2.24) is 9.97 Å². The summed E-state index contributed by atoms with van der Waals surface area (Å²) in [5.74, 6) is -0.775. The van der Waals surface area contributed by atoms with Gasteiger partial charge in [-0.2, -0.15) is 0 Å². The fourth-order valence-electron chi connectivity index (χ4n) is 1.95. The van der Waals surface area contributed by atoms with Crippen molar-refractivity contribution >= 4 is 17.6 Å². The summed E-state index contributed by atoms with van der Waals surface area (Å²) in [5, 5.41) is 11.8. The highest BCUT2D eigenvalue weighted by Gasteiger charge is 2.16. The maximum Gasteiger partial charge on any atom is 0.126 e. The van der Waals surface area contributed by atoms with E-state index < -0.39 is 5.97 Å². The number of carbonyl (C=O) groups excluding carboxylic acids is 1. The van der Waals surface area contributed by atoms with Gasteiger partial charge in [-0.3, -0.25) is 0 Å². The van der Waals surface area contributed by atoms with Gasteiger partial charge in [-0.05, 0) is 19.4 Å². The van der Waals surface area contributed by atoms with E-state index >= 15 is 0 Å². The lowest BCUT2D eigenvalue weighted by molar-refractivity contribution is -0.255. The van der Waals surface area contributed by atoms with Crippen LogP contribution in [0.4, 0.5) is 0 Å². The van der Waals surface area contributed by atoms with Crippen LogP contribution in [-0.2, 0) is 6.42 Å². The van der Waals surface area contributed by atoms with Crippen molar-refractivity contribution in [3.63, 3.8) is 0 Å². The van der Waals surface area contributed by atoms with Crippen LogP contribution in [0.5, 0.6) is 0 Å². The van der Waals surface area contributed by atoms with E-state index in [-0.39, 0.29) is 5.56 Å². The molecule has 0 bridgehead atoms. The lowest BCUT2D eigenvalue weighted by Gasteiger charge is -2.15. The standard InChI is InChI=1S/C14H13ClN2O2/c1-3-11-12(14(18)19)13(17-8(2)16-11)9-6-4-5-7-10(9)15/h4-7H,3H2,1-2H3,(H,18,19)/p-1. The monoisotopic (exact) mass is 275 g/mol. The largest absolute Gasteiger partial charge is 0.545 e. The maximum atomic E-state index is 11.4. The van der Waals surface area contributed by atoms with Gasteiger partial charge < -0.3 is 9.90 Å². The highest BCUT2D eigenvalue weighted by atomic mass is 35.5. The summed E-state index contributed by atoms with van der Waals surface area (Å²) in [6.07, 6.45) is 0.490. The van der Waals surface area contributed by atoms with Crippen LogP contribution in [0.2, 0.25) is 5.02 Å². The van der Waals surface area contributed by atoms with Crippen molar-refractivity contribution in [2.24, 2.45) is 0 Å². The number of hydrogen-bond acceptors (Lipinski definition) is 4. The van der Waals surface area contributed by atoms with E-state index in [9.17, 15) is 9.90 Å². The first-order valence-electron chi connectivity index (χ1n) is 5.88. The maximum absolute atomic E-state index is 11.4. The van der Waals surface area contributed by atoms with Crippen LogP contribution in [0.15, 0.2) is 24.3 Å². The Kier molecular flexibility index (Phi) is 3.81. The number of aromatic nitrogens is 2. The van der Waals surface area contributed by atoms with Gasteiger partial charge in [0, 0.05) is 16.1 Å². The van der Waals surface area contributed by atoms with Gasteiger partial charge in [0.05, 0.1) is 17.4 Å². The molecule has 0 N–H and O–H groups in total. The second kappa shape index (κ2) is 5.36. The molecule has 98 valence electrons. The topological polar surface area (TPSA) is 65.9 Å². The van der Waals surface area contributed by atoms with Gasteiger partial charge in [0.15, 0.2) is 0 Å². The number of aromatic carboxylic acids is 1. The lowest BCUT2D eigenvalue weighted by Crippen LogP contribution is -2.26. The smallest absolute Gasteiger partial charge is 0.126 e. The third-order valence-corrected chi connectivity index (χ3v) is 3.09. The van der Waals surface area contributed by atoms with Crippen LogP contribution in [-0.4, -0.2) is 15.9 Å². The van der Waals surface area contributed by atoms with Crippen LogP contribution in [0.25, 0.3) is 11.3 Å². The number of carbonyl (C=O) groups is 1. The van der Waals surface area contributed by atoms with Crippen LogP contribution >= 0.6 is 11.6 Å². The Morgan fingerprint density at radius 1 is 1.32 bits per heavy atom. The van der Waals surface area contributed by atoms with Crippen molar-refractivity contribution in [3.8, 4) is 11.3 Å². The minimum atomic E-state index is -1.29. The van der Waals surface area contributed by atoms with E-state index in [1.165, 1.54) is 0 Å². The Balaban J connectivity index is 2.79. The summed E-state index contributed by atoms with van der Waals surface area (Å²) < 4.78 is 0. The molecule has 2 aromatic rings. The van der Waals surface area contributed by atoms with Gasteiger partial charge >= 0.3 is 0 Å². The van der Waals surface area contributed by atoms with Gasteiger partial charge in [-0.25, -0.2) is 9.97 Å². The third-order valence-electron chi connectivity index (χ3n) is 2.76. The average molecular weight is 276 g/mol. The summed E-state index contributed by atoms with van der Waals surface area (Å²) in [6, 6.07) is 6.98. The number of aryl methyl sites for hydroxylation is 2. The molecule has 4 nitrogen and oxygen atoms in total. The SMILES string of the molecule is CCc1nc(C)nc(-c2ccccc2Cl)c1C(=O)[O-]. The molecule has 2 rings (SSSR count). The molecule has 0 aliphatic carbocycles. The quantitative estimate of drug-likeness (QED) is 0.860. The van der Waals surface area contributed by atoms with Crippen LogP contribution in [0.1, 0.15) is 28.8 Å².